The Morgan fingerprint density at radius 2 is 1.88 bits per heavy atom. The lowest BCUT2D eigenvalue weighted by Gasteiger charge is -2.52. The summed E-state index contributed by atoms with van der Waals surface area (Å²) in [6.07, 6.45) is 6.89. The van der Waals surface area contributed by atoms with Crippen LogP contribution in [0.2, 0.25) is 0 Å². The topological polar surface area (TPSA) is 15.3 Å². The second kappa shape index (κ2) is 5.33. The number of allylic oxidation sites excluding steroid dienone is 1. The van der Waals surface area contributed by atoms with Crippen molar-refractivity contribution in [3.8, 4) is 0 Å². The third kappa shape index (κ3) is 2.86. The van der Waals surface area contributed by atoms with E-state index in [1.54, 1.807) is 0 Å². The highest BCUT2D eigenvalue weighted by Crippen LogP contribution is 2.29. The molecule has 1 saturated heterocycles. The van der Waals surface area contributed by atoms with Crippen molar-refractivity contribution in [2.45, 2.75) is 58.5 Å². The molecule has 0 bridgehead atoms. The molecule has 0 aromatic heterocycles. The number of nitrogens with zero attached hydrogens (tertiary/aromatic N) is 1. The zero-order valence-corrected chi connectivity index (χ0v) is 11.6. The summed E-state index contributed by atoms with van der Waals surface area (Å²) >= 11 is 0. The predicted molar refractivity (Wildman–Crippen MR) is 71.8 cm³/mol. The Morgan fingerprint density at radius 3 is 2.38 bits per heavy atom. The molecule has 1 N–H and O–H groups in total. The maximum absolute atomic E-state index is 3.69. The van der Waals surface area contributed by atoms with Crippen LogP contribution in [0.3, 0.4) is 0 Å². The molecular weight excluding hydrogens is 196 g/mol. The van der Waals surface area contributed by atoms with Gasteiger partial charge in [0.1, 0.15) is 0 Å². The molecule has 0 aromatic carbocycles. The standard InChI is InChI=1S/C14H28N2/c1-6-9-10-16-12-13(4,5)15-11-14(16,7-2)8-3/h6,9,15H,7-8,10-12H2,1-5H3/b9-6+. The van der Waals surface area contributed by atoms with Crippen LogP contribution in [0.25, 0.3) is 0 Å². The molecule has 0 atom stereocenters. The molecule has 0 aromatic rings. The number of hydrogen-bond donors (Lipinski definition) is 1. The molecule has 1 aliphatic heterocycles. The summed E-state index contributed by atoms with van der Waals surface area (Å²) in [6, 6.07) is 0. The molecule has 0 radical (unpaired) electrons. The van der Waals surface area contributed by atoms with E-state index >= 15 is 0 Å². The van der Waals surface area contributed by atoms with Crippen LogP contribution < -0.4 is 5.32 Å². The quantitative estimate of drug-likeness (QED) is 0.739. The van der Waals surface area contributed by atoms with Gasteiger partial charge in [0.05, 0.1) is 0 Å². The maximum atomic E-state index is 3.69. The Hall–Kier alpha value is -0.340. The first kappa shape index (κ1) is 13.7. The van der Waals surface area contributed by atoms with E-state index in [1.807, 2.05) is 0 Å². The molecule has 0 aliphatic carbocycles. The van der Waals surface area contributed by atoms with E-state index in [2.05, 4.69) is 57.0 Å². The van der Waals surface area contributed by atoms with Crippen molar-refractivity contribution in [2.24, 2.45) is 0 Å². The summed E-state index contributed by atoms with van der Waals surface area (Å²) in [4.78, 5) is 2.66. The van der Waals surface area contributed by atoms with E-state index in [0.717, 1.165) is 19.6 Å². The molecule has 1 fully saturated rings. The van der Waals surface area contributed by atoms with Crippen molar-refractivity contribution in [3.05, 3.63) is 12.2 Å². The van der Waals surface area contributed by atoms with Gasteiger partial charge >= 0.3 is 0 Å². The summed E-state index contributed by atoms with van der Waals surface area (Å²) in [5, 5.41) is 3.69. The van der Waals surface area contributed by atoms with Crippen molar-refractivity contribution in [2.75, 3.05) is 19.6 Å². The molecule has 94 valence electrons. The second-order valence-electron chi connectivity index (χ2n) is 5.62. The van der Waals surface area contributed by atoms with Gasteiger partial charge in [0.25, 0.3) is 0 Å². The van der Waals surface area contributed by atoms with E-state index in [0.29, 0.717) is 5.54 Å². The van der Waals surface area contributed by atoms with Gasteiger partial charge in [0, 0.05) is 30.7 Å². The zero-order valence-electron chi connectivity index (χ0n) is 11.6. The highest BCUT2D eigenvalue weighted by atomic mass is 15.3. The molecule has 0 amide bonds. The molecular formula is C14H28N2. The Labute approximate surface area is 101 Å². The highest BCUT2D eigenvalue weighted by molar-refractivity contribution is 5.03. The highest BCUT2D eigenvalue weighted by Gasteiger charge is 2.40. The monoisotopic (exact) mass is 224 g/mol. The van der Waals surface area contributed by atoms with Crippen LogP contribution in [0.4, 0.5) is 0 Å². The molecule has 0 unspecified atom stereocenters. The van der Waals surface area contributed by atoms with Crippen LogP contribution in [-0.4, -0.2) is 35.6 Å². The first-order chi connectivity index (χ1) is 7.49. The lowest BCUT2D eigenvalue weighted by molar-refractivity contribution is 0.0186. The predicted octanol–water partition coefficient (Wildman–Crippen LogP) is 2.81. The third-order valence-electron chi connectivity index (χ3n) is 4.03. The Bertz CT molecular complexity index is 239. The Kier molecular flexibility index (Phi) is 4.57. The van der Waals surface area contributed by atoms with Crippen LogP contribution in [0, 0.1) is 0 Å². The molecule has 1 rings (SSSR count). The van der Waals surface area contributed by atoms with E-state index in [4.69, 9.17) is 0 Å². The third-order valence-corrected chi connectivity index (χ3v) is 4.03. The first-order valence-electron chi connectivity index (χ1n) is 6.61. The van der Waals surface area contributed by atoms with Crippen LogP contribution in [0.5, 0.6) is 0 Å². The SMILES string of the molecule is C/C=C/CN1CC(C)(C)NCC1(CC)CC. The largest absolute Gasteiger partial charge is 0.309 e. The second-order valence-corrected chi connectivity index (χ2v) is 5.62. The van der Waals surface area contributed by atoms with Crippen LogP contribution in [0.15, 0.2) is 12.2 Å². The normalized spacial score (nSPS) is 25.1. The van der Waals surface area contributed by atoms with E-state index in [1.165, 1.54) is 12.8 Å². The maximum Gasteiger partial charge on any atom is 0.0333 e. The Balaban J connectivity index is 2.82. The smallest absolute Gasteiger partial charge is 0.0333 e. The number of hydrogen-bond acceptors (Lipinski definition) is 2. The van der Waals surface area contributed by atoms with Gasteiger partial charge in [-0.25, -0.2) is 0 Å². The average molecular weight is 224 g/mol. The zero-order chi connectivity index (χ0) is 12.2. The van der Waals surface area contributed by atoms with Gasteiger partial charge in [-0.15, -0.1) is 0 Å². The summed E-state index contributed by atoms with van der Waals surface area (Å²) in [5.41, 5.74) is 0.602. The number of rotatable bonds is 4. The summed E-state index contributed by atoms with van der Waals surface area (Å²) in [5.74, 6) is 0. The summed E-state index contributed by atoms with van der Waals surface area (Å²) in [7, 11) is 0. The van der Waals surface area contributed by atoms with Gasteiger partial charge < -0.3 is 5.32 Å². The molecule has 1 aliphatic rings. The van der Waals surface area contributed by atoms with Crippen molar-refractivity contribution >= 4 is 0 Å². The molecule has 1 heterocycles. The van der Waals surface area contributed by atoms with Crippen LogP contribution >= 0.6 is 0 Å². The minimum Gasteiger partial charge on any atom is -0.309 e. The van der Waals surface area contributed by atoms with Gasteiger partial charge in [-0.3, -0.25) is 4.90 Å². The Morgan fingerprint density at radius 1 is 1.25 bits per heavy atom. The lowest BCUT2D eigenvalue weighted by atomic mass is 9.84. The molecule has 16 heavy (non-hydrogen) atoms. The van der Waals surface area contributed by atoms with Crippen molar-refractivity contribution < 1.29 is 0 Å². The van der Waals surface area contributed by atoms with Gasteiger partial charge in [0.15, 0.2) is 0 Å². The van der Waals surface area contributed by atoms with Crippen molar-refractivity contribution in [3.63, 3.8) is 0 Å². The fourth-order valence-electron chi connectivity index (χ4n) is 2.65. The van der Waals surface area contributed by atoms with Gasteiger partial charge in [-0.05, 0) is 33.6 Å². The van der Waals surface area contributed by atoms with E-state index in [-0.39, 0.29) is 5.54 Å². The van der Waals surface area contributed by atoms with Crippen molar-refractivity contribution in [1.82, 2.24) is 10.2 Å². The summed E-state index contributed by atoms with van der Waals surface area (Å²) < 4.78 is 0. The fraction of sp³-hybridized carbons (Fsp3) is 0.857. The van der Waals surface area contributed by atoms with Crippen molar-refractivity contribution in [1.29, 1.82) is 0 Å². The summed E-state index contributed by atoms with van der Waals surface area (Å²) in [6.45, 7) is 14.7. The fourth-order valence-corrected chi connectivity index (χ4v) is 2.65. The minimum atomic E-state index is 0.245. The number of piperazine rings is 1. The van der Waals surface area contributed by atoms with Gasteiger partial charge in [0.2, 0.25) is 0 Å². The van der Waals surface area contributed by atoms with E-state index < -0.39 is 0 Å². The minimum absolute atomic E-state index is 0.245. The lowest BCUT2D eigenvalue weighted by Crippen LogP contribution is -2.67. The van der Waals surface area contributed by atoms with Gasteiger partial charge in [-0.1, -0.05) is 26.0 Å². The molecule has 2 heteroatoms. The number of nitrogens with one attached hydrogen (secondary N) is 1. The molecule has 2 nitrogen and oxygen atoms in total. The van der Waals surface area contributed by atoms with Crippen LogP contribution in [0.1, 0.15) is 47.5 Å². The average Bonchev–Trinajstić information content (AvgIpc) is 2.26. The van der Waals surface area contributed by atoms with Gasteiger partial charge in [-0.2, -0.15) is 0 Å². The van der Waals surface area contributed by atoms with Crippen LogP contribution in [-0.2, 0) is 0 Å². The molecule has 0 spiro atoms. The molecule has 0 saturated carbocycles. The first-order valence-corrected chi connectivity index (χ1v) is 6.61. The van der Waals surface area contributed by atoms with E-state index in [9.17, 15) is 0 Å².